The maximum absolute atomic E-state index is 12.6. The SMILES string of the molecule is N#Cc1ccc2c(c1)[C@H]1CCCN[C@H]1C2.O=C(O)C(O)(C(=O)c1ccccc1)C(O)(C(=O)O)C(=O)c1ccccc1. The molecule has 0 spiro atoms. The number of piperidine rings is 1. The highest BCUT2D eigenvalue weighted by Crippen LogP contribution is 2.38. The highest BCUT2D eigenvalue weighted by atomic mass is 16.5. The van der Waals surface area contributed by atoms with Crippen LogP contribution in [0, 0.1) is 11.3 Å². The Bertz CT molecular complexity index is 1440. The van der Waals surface area contributed by atoms with Crippen molar-refractivity contribution in [3.8, 4) is 6.07 Å². The highest BCUT2D eigenvalue weighted by molar-refractivity contribution is 6.28. The average Bonchev–Trinajstić information content (AvgIpc) is 3.38. The predicted octanol–water partition coefficient (Wildman–Crippen LogP) is 2.33. The predicted molar refractivity (Wildman–Crippen MR) is 145 cm³/mol. The largest absolute Gasteiger partial charge is 0.479 e. The molecule has 3 aromatic rings. The second-order valence-electron chi connectivity index (χ2n) is 9.96. The molecule has 0 bridgehead atoms. The Morgan fingerprint density at radius 2 is 1.32 bits per heavy atom. The van der Waals surface area contributed by atoms with E-state index in [4.69, 9.17) is 5.26 Å². The molecule has 1 heterocycles. The number of hydrogen-bond acceptors (Lipinski definition) is 8. The van der Waals surface area contributed by atoms with Crippen molar-refractivity contribution in [2.45, 2.75) is 42.4 Å². The van der Waals surface area contributed by atoms with Crippen LogP contribution < -0.4 is 5.32 Å². The summed E-state index contributed by atoms with van der Waals surface area (Å²) < 4.78 is 0. The summed E-state index contributed by atoms with van der Waals surface area (Å²) in [5.74, 6) is -7.37. The molecule has 41 heavy (non-hydrogen) atoms. The lowest BCUT2D eigenvalue weighted by atomic mass is 9.73. The lowest BCUT2D eigenvalue weighted by Crippen LogP contribution is -2.71. The first-order chi connectivity index (χ1) is 19.5. The molecule has 5 N–H and O–H groups in total. The van der Waals surface area contributed by atoms with Gasteiger partial charge in [0.1, 0.15) is 0 Å². The minimum absolute atomic E-state index is 0.391. The van der Waals surface area contributed by atoms with Gasteiger partial charge in [0.05, 0.1) is 11.6 Å². The van der Waals surface area contributed by atoms with Gasteiger partial charge in [0.25, 0.3) is 11.2 Å². The van der Waals surface area contributed by atoms with Crippen LogP contribution in [0.25, 0.3) is 0 Å². The number of fused-ring (bicyclic) bond motifs is 3. The summed E-state index contributed by atoms with van der Waals surface area (Å²) in [4.78, 5) is 48.5. The molecule has 2 unspecified atom stereocenters. The Hall–Kier alpha value is -4.69. The molecule has 1 fully saturated rings. The summed E-state index contributed by atoms with van der Waals surface area (Å²) in [6.07, 6.45) is 3.68. The summed E-state index contributed by atoms with van der Waals surface area (Å²) in [6, 6.07) is 21.8. The van der Waals surface area contributed by atoms with Crippen molar-refractivity contribution < 1.29 is 39.6 Å². The highest BCUT2D eigenvalue weighted by Gasteiger charge is 2.69. The van der Waals surface area contributed by atoms with E-state index in [1.54, 1.807) is 0 Å². The van der Waals surface area contributed by atoms with E-state index in [2.05, 4.69) is 23.5 Å². The number of carbonyl (C=O) groups is 4. The zero-order valence-corrected chi connectivity index (χ0v) is 21.9. The van der Waals surface area contributed by atoms with Crippen LogP contribution in [0.1, 0.15) is 56.2 Å². The molecule has 0 aromatic heterocycles. The molecule has 210 valence electrons. The number of ketones is 2. The van der Waals surface area contributed by atoms with E-state index >= 15 is 0 Å². The van der Waals surface area contributed by atoms with Gasteiger partial charge in [0, 0.05) is 17.2 Å². The molecule has 0 radical (unpaired) electrons. The van der Waals surface area contributed by atoms with E-state index in [0.717, 1.165) is 42.8 Å². The summed E-state index contributed by atoms with van der Waals surface area (Å²) in [6.45, 7) is 1.15. The van der Waals surface area contributed by atoms with Gasteiger partial charge >= 0.3 is 11.9 Å². The average molecular weight is 557 g/mol. The van der Waals surface area contributed by atoms with Crippen molar-refractivity contribution in [1.82, 2.24) is 5.32 Å². The fourth-order valence-electron chi connectivity index (χ4n) is 5.40. The topological polar surface area (TPSA) is 185 Å². The number of carbonyl (C=O) groups excluding carboxylic acids is 2. The number of hydrogen-bond donors (Lipinski definition) is 5. The number of rotatable bonds is 7. The monoisotopic (exact) mass is 556 g/mol. The molecule has 0 saturated carbocycles. The van der Waals surface area contributed by atoms with Crippen LogP contribution in [0.4, 0.5) is 0 Å². The second-order valence-corrected chi connectivity index (χ2v) is 9.96. The summed E-state index contributed by atoms with van der Waals surface area (Å²) in [5, 5.41) is 52.3. The van der Waals surface area contributed by atoms with Gasteiger partial charge in [0.2, 0.25) is 11.6 Å². The molecular formula is C31H28N2O8. The number of nitrogens with zero attached hydrogens (tertiary/aromatic N) is 1. The van der Waals surface area contributed by atoms with Gasteiger partial charge in [-0.15, -0.1) is 0 Å². The zero-order valence-electron chi connectivity index (χ0n) is 21.9. The van der Waals surface area contributed by atoms with Crippen LogP contribution in [0.5, 0.6) is 0 Å². The Kier molecular flexibility index (Phi) is 8.44. The molecule has 3 aromatic carbocycles. The first kappa shape index (κ1) is 29.3. The normalized spacial score (nSPS) is 19.9. The van der Waals surface area contributed by atoms with Crippen molar-refractivity contribution in [3.05, 3.63) is 107 Å². The van der Waals surface area contributed by atoms with E-state index < -0.39 is 45.8 Å². The van der Waals surface area contributed by atoms with Crippen molar-refractivity contribution in [2.75, 3.05) is 6.54 Å². The molecule has 1 aliphatic carbocycles. The molecule has 1 aliphatic heterocycles. The second kappa shape index (κ2) is 11.8. The quantitative estimate of drug-likeness (QED) is 0.214. The van der Waals surface area contributed by atoms with Crippen LogP contribution in [0.3, 0.4) is 0 Å². The number of nitrogens with one attached hydrogen (secondary N) is 1. The van der Waals surface area contributed by atoms with Crippen LogP contribution in [-0.2, 0) is 16.0 Å². The van der Waals surface area contributed by atoms with Gasteiger partial charge in [-0.1, -0.05) is 66.7 Å². The number of carboxylic acids is 2. The Labute approximate surface area is 235 Å². The third kappa shape index (κ3) is 5.26. The van der Waals surface area contributed by atoms with Crippen LogP contribution in [-0.4, -0.2) is 67.7 Å². The molecule has 10 heteroatoms. The zero-order chi connectivity index (χ0) is 29.8. The molecule has 2 aliphatic rings. The van der Waals surface area contributed by atoms with E-state index in [-0.39, 0.29) is 0 Å². The third-order valence-corrected chi connectivity index (χ3v) is 7.57. The maximum Gasteiger partial charge on any atom is 0.348 e. The molecule has 0 amide bonds. The smallest absolute Gasteiger partial charge is 0.348 e. The first-order valence-corrected chi connectivity index (χ1v) is 12.9. The molecule has 1 saturated heterocycles. The lowest BCUT2D eigenvalue weighted by Gasteiger charge is -2.34. The van der Waals surface area contributed by atoms with E-state index in [9.17, 15) is 39.6 Å². The number of aliphatic hydroxyl groups is 2. The number of carboxylic acid groups (broad SMARTS) is 2. The van der Waals surface area contributed by atoms with Crippen molar-refractivity contribution in [3.63, 3.8) is 0 Å². The number of aliphatic carboxylic acids is 2. The van der Waals surface area contributed by atoms with Gasteiger partial charge in [-0.05, 0) is 55.0 Å². The summed E-state index contributed by atoms with van der Waals surface area (Å²) in [5.41, 5.74) is -5.01. The first-order valence-electron chi connectivity index (χ1n) is 12.9. The standard InChI is InChI=1S/C18H14O8.C13H14N2/c19-13(11-7-3-1-4-8-11)17(25,15(21)22)18(26,16(23)24)14(20)12-9-5-2-6-10-12;14-8-9-3-4-10-7-13-11(12(10)6-9)2-1-5-15-13/h1-10,25-26H,(H,21,22)(H,23,24);3-4,6,11,13,15H,1-2,5,7H2/t;11-,13+/m.1/s1. The summed E-state index contributed by atoms with van der Waals surface area (Å²) in [7, 11) is 0. The molecule has 10 nitrogen and oxygen atoms in total. The Morgan fingerprint density at radius 3 is 1.78 bits per heavy atom. The minimum Gasteiger partial charge on any atom is -0.479 e. The number of Topliss-reactive ketones (excluding diaryl/α,β-unsaturated/α-hetero) is 2. The maximum atomic E-state index is 12.6. The molecule has 5 rings (SSSR count). The van der Waals surface area contributed by atoms with Crippen molar-refractivity contribution in [1.29, 1.82) is 5.26 Å². The Balaban J connectivity index is 0.000000216. The van der Waals surface area contributed by atoms with Crippen LogP contribution in [0.15, 0.2) is 78.9 Å². The fraction of sp³-hybridized carbons (Fsp3) is 0.258. The fourth-order valence-corrected chi connectivity index (χ4v) is 5.40. The number of benzene rings is 3. The van der Waals surface area contributed by atoms with Gasteiger partial charge in [0.15, 0.2) is 0 Å². The van der Waals surface area contributed by atoms with Crippen LogP contribution >= 0.6 is 0 Å². The van der Waals surface area contributed by atoms with Crippen molar-refractivity contribution in [2.24, 2.45) is 0 Å². The molecular weight excluding hydrogens is 528 g/mol. The number of nitriles is 1. The van der Waals surface area contributed by atoms with Gasteiger partial charge < -0.3 is 25.7 Å². The van der Waals surface area contributed by atoms with E-state index in [1.165, 1.54) is 60.4 Å². The van der Waals surface area contributed by atoms with Gasteiger partial charge in [-0.2, -0.15) is 5.26 Å². The Morgan fingerprint density at radius 1 is 0.805 bits per heavy atom. The van der Waals surface area contributed by atoms with Crippen molar-refractivity contribution >= 4 is 23.5 Å². The van der Waals surface area contributed by atoms with Gasteiger partial charge in [-0.3, -0.25) is 9.59 Å². The van der Waals surface area contributed by atoms with Crippen LogP contribution in [0.2, 0.25) is 0 Å². The summed E-state index contributed by atoms with van der Waals surface area (Å²) >= 11 is 0. The van der Waals surface area contributed by atoms with E-state index in [0.29, 0.717) is 12.0 Å². The van der Waals surface area contributed by atoms with Gasteiger partial charge in [-0.25, -0.2) is 9.59 Å². The van der Waals surface area contributed by atoms with E-state index in [1.807, 2.05) is 6.07 Å². The lowest BCUT2D eigenvalue weighted by molar-refractivity contribution is -0.187. The third-order valence-electron chi connectivity index (χ3n) is 7.57. The minimum atomic E-state index is -3.95. The molecule has 4 atom stereocenters.